The first-order valence-electron chi connectivity index (χ1n) is 7.97. The fourth-order valence-electron chi connectivity index (χ4n) is 2.53. The Bertz CT molecular complexity index is 1220. The standard InChI is InChI=1S/C17H14ClF2N3O3S2/c18-10-2-4-14-12(8-10)16(24)23(15-5-3-11(19)9-13(15)20)17(22-14)27-6-1-7-28(21,25)26/h2-5,8-9H,1,6-7H2,(H2,21,25,26). The number of benzene rings is 2. The number of rotatable bonds is 6. The zero-order chi connectivity index (χ0) is 20.5. The van der Waals surface area contributed by atoms with Crippen molar-refractivity contribution in [3.8, 4) is 5.69 Å². The zero-order valence-corrected chi connectivity index (χ0v) is 16.6. The van der Waals surface area contributed by atoms with Gasteiger partial charge in [-0.1, -0.05) is 23.4 Å². The van der Waals surface area contributed by atoms with E-state index in [-0.39, 0.29) is 34.2 Å². The monoisotopic (exact) mass is 445 g/mol. The maximum atomic E-state index is 14.4. The van der Waals surface area contributed by atoms with Crippen LogP contribution in [-0.2, 0) is 10.0 Å². The molecule has 0 unspecified atom stereocenters. The Labute approximate surface area is 168 Å². The predicted molar refractivity (Wildman–Crippen MR) is 106 cm³/mol. The van der Waals surface area contributed by atoms with Gasteiger partial charge in [-0.2, -0.15) is 0 Å². The highest BCUT2D eigenvalue weighted by Gasteiger charge is 2.17. The molecule has 28 heavy (non-hydrogen) atoms. The van der Waals surface area contributed by atoms with Crippen molar-refractivity contribution in [3.63, 3.8) is 0 Å². The quantitative estimate of drug-likeness (QED) is 0.357. The summed E-state index contributed by atoms with van der Waals surface area (Å²) in [5, 5.41) is 5.60. The number of nitrogens with two attached hydrogens (primary N) is 1. The largest absolute Gasteiger partial charge is 0.268 e. The second-order valence-corrected chi connectivity index (χ2v) is 9.09. The molecule has 3 aromatic rings. The van der Waals surface area contributed by atoms with E-state index in [9.17, 15) is 22.0 Å². The van der Waals surface area contributed by atoms with Crippen LogP contribution in [0.25, 0.3) is 16.6 Å². The molecule has 0 aliphatic rings. The molecule has 6 nitrogen and oxygen atoms in total. The van der Waals surface area contributed by atoms with Crippen LogP contribution in [0.3, 0.4) is 0 Å². The van der Waals surface area contributed by atoms with Crippen molar-refractivity contribution < 1.29 is 17.2 Å². The second-order valence-electron chi connectivity index (χ2n) is 5.86. The summed E-state index contributed by atoms with van der Waals surface area (Å²) in [6, 6.07) is 7.37. The van der Waals surface area contributed by atoms with Crippen LogP contribution < -0.4 is 10.7 Å². The normalized spacial score (nSPS) is 11.9. The third-order valence-corrected chi connectivity index (χ3v) is 5.87. The number of aromatic nitrogens is 2. The number of sulfonamides is 1. The number of halogens is 3. The third-order valence-electron chi connectivity index (χ3n) is 3.75. The van der Waals surface area contributed by atoms with Crippen molar-refractivity contribution in [1.82, 2.24) is 9.55 Å². The van der Waals surface area contributed by atoms with E-state index in [1.807, 2.05) is 0 Å². The molecule has 2 N–H and O–H groups in total. The van der Waals surface area contributed by atoms with Gasteiger partial charge in [-0.25, -0.2) is 27.3 Å². The highest BCUT2D eigenvalue weighted by atomic mass is 35.5. The molecule has 0 aliphatic heterocycles. The molecular formula is C17H14ClF2N3O3S2. The molecule has 0 spiro atoms. The zero-order valence-electron chi connectivity index (χ0n) is 14.2. The summed E-state index contributed by atoms with van der Waals surface area (Å²) >= 11 is 7.02. The molecule has 148 valence electrons. The lowest BCUT2D eigenvalue weighted by atomic mass is 10.2. The number of hydrogen-bond acceptors (Lipinski definition) is 5. The van der Waals surface area contributed by atoms with Crippen molar-refractivity contribution >= 4 is 44.3 Å². The summed E-state index contributed by atoms with van der Waals surface area (Å²) in [4.78, 5) is 17.4. The number of fused-ring (bicyclic) bond motifs is 1. The molecule has 1 aromatic heterocycles. The molecule has 11 heteroatoms. The topological polar surface area (TPSA) is 95.1 Å². The van der Waals surface area contributed by atoms with Gasteiger partial charge in [-0.15, -0.1) is 0 Å². The Morgan fingerprint density at radius 3 is 2.61 bits per heavy atom. The molecule has 2 aromatic carbocycles. The molecule has 0 saturated carbocycles. The first kappa shape index (κ1) is 20.7. The summed E-state index contributed by atoms with van der Waals surface area (Å²) in [5.41, 5.74) is -0.399. The van der Waals surface area contributed by atoms with E-state index in [1.54, 1.807) is 12.1 Å². The van der Waals surface area contributed by atoms with E-state index < -0.39 is 27.2 Å². The Balaban J connectivity index is 2.12. The van der Waals surface area contributed by atoms with Crippen molar-refractivity contribution in [3.05, 3.63) is 63.4 Å². The number of thioether (sulfide) groups is 1. The van der Waals surface area contributed by atoms with E-state index in [1.165, 1.54) is 6.07 Å². The number of hydrogen-bond donors (Lipinski definition) is 1. The van der Waals surface area contributed by atoms with Crippen molar-refractivity contribution in [2.45, 2.75) is 11.6 Å². The van der Waals surface area contributed by atoms with Gasteiger partial charge in [0.1, 0.15) is 11.6 Å². The van der Waals surface area contributed by atoms with Crippen LogP contribution in [0.2, 0.25) is 5.02 Å². The van der Waals surface area contributed by atoms with Crippen LogP contribution in [0.15, 0.2) is 46.3 Å². The van der Waals surface area contributed by atoms with E-state index in [2.05, 4.69) is 4.98 Å². The van der Waals surface area contributed by atoms with Crippen LogP contribution in [0.5, 0.6) is 0 Å². The lowest BCUT2D eigenvalue weighted by Crippen LogP contribution is -2.23. The number of primary sulfonamides is 1. The van der Waals surface area contributed by atoms with Gasteiger partial charge in [-0.3, -0.25) is 9.36 Å². The molecule has 0 fully saturated rings. The lowest BCUT2D eigenvalue weighted by Gasteiger charge is -2.14. The second kappa shape index (κ2) is 8.16. The summed E-state index contributed by atoms with van der Waals surface area (Å²) in [6.45, 7) is 0. The van der Waals surface area contributed by atoms with Crippen LogP contribution in [0, 0.1) is 11.6 Å². The Hall–Kier alpha value is -2.01. The van der Waals surface area contributed by atoms with Crippen molar-refractivity contribution in [1.29, 1.82) is 0 Å². The summed E-state index contributed by atoms with van der Waals surface area (Å²) < 4.78 is 50.8. The van der Waals surface area contributed by atoms with Gasteiger partial charge < -0.3 is 0 Å². The van der Waals surface area contributed by atoms with E-state index in [0.29, 0.717) is 16.6 Å². The van der Waals surface area contributed by atoms with Crippen molar-refractivity contribution in [2.75, 3.05) is 11.5 Å². The summed E-state index contributed by atoms with van der Waals surface area (Å²) in [6.07, 6.45) is 0.212. The Morgan fingerprint density at radius 1 is 1.18 bits per heavy atom. The lowest BCUT2D eigenvalue weighted by molar-refractivity contribution is 0.572. The SMILES string of the molecule is NS(=O)(=O)CCCSc1nc2ccc(Cl)cc2c(=O)n1-c1ccc(F)cc1F. The molecular weight excluding hydrogens is 432 g/mol. The minimum absolute atomic E-state index is 0.139. The summed E-state index contributed by atoms with van der Waals surface area (Å²) in [7, 11) is -3.62. The van der Waals surface area contributed by atoms with Gasteiger partial charge in [0.2, 0.25) is 10.0 Å². The average Bonchev–Trinajstić information content (AvgIpc) is 2.60. The summed E-state index contributed by atoms with van der Waals surface area (Å²) in [5.74, 6) is -1.69. The number of nitrogens with zero attached hydrogens (tertiary/aromatic N) is 2. The molecule has 1 heterocycles. The van der Waals surface area contributed by atoms with Crippen LogP contribution >= 0.6 is 23.4 Å². The van der Waals surface area contributed by atoms with Crippen LogP contribution in [0.4, 0.5) is 8.78 Å². The minimum Gasteiger partial charge on any atom is -0.268 e. The van der Waals surface area contributed by atoms with Crippen LogP contribution in [0.1, 0.15) is 6.42 Å². The molecule has 0 atom stereocenters. The third kappa shape index (κ3) is 4.69. The smallest absolute Gasteiger partial charge is 0.266 e. The maximum absolute atomic E-state index is 14.4. The first-order chi connectivity index (χ1) is 13.2. The molecule has 0 bridgehead atoms. The molecule has 3 rings (SSSR count). The fourth-order valence-corrected chi connectivity index (χ4v) is 4.38. The predicted octanol–water partition coefficient (Wildman–Crippen LogP) is 3.09. The highest BCUT2D eigenvalue weighted by Crippen LogP contribution is 2.25. The van der Waals surface area contributed by atoms with Gasteiger partial charge in [0, 0.05) is 16.8 Å². The molecule has 0 amide bonds. The highest BCUT2D eigenvalue weighted by molar-refractivity contribution is 7.99. The van der Waals surface area contributed by atoms with Gasteiger partial charge in [0.15, 0.2) is 5.16 Å². The van der Waals surface area contributed by atoms with E-state index >= 15 is 0 Å². The average molecular weight is 446 g/mol. The van der Waals surface area contributed by atoms with E-state index in [4.69, 9.17) is 16.7 Å². The van der Waals surface area contributed by atoms with Gasteiger partial charge in [0.25, 0.3) is 5.56 Å². The van der Waals surface area contributed by atoms with Crippen LogP contribution in [-0.4, -0.2) is 29.5 Å². The minimum atomic E-state index is -3.62. The van der Waals surface area contributed by atoms with Crippen molar-refractivity contribution in [2.24, 2.45) is 5.14 Å². The molecule has 0 radical (unpaired) electrons. The van der Waals surface area contributed by atoms with Gasteiger partial charge in [0.05, 0.1) is 22.3 Å². The maximum Gasteiger partial charge on any atom is 0.266 e. The fraction of sp³-hybridized carbons (Fsp3) is 0.176. The van der Waals surface area contributed by atoms with E-state index in [0.717, 1.165) is 28.5 Å². The van der Waals surface area contributed by atoms with Gasteiger partial charge in [-0.05, 0) is 36.8 Å². The molecule has 0 aliphatic carbocycles. The Morgan fingerprint density at radius 2 is 1.93 bits per heavy atom. The van der Waals surface area contributed by atoms with Gasteiger partial charge >= 0.3 is 0 Å². The Kier molecular flexibility index (Phi) is 6.04. The first-order valence-corrected chi connectivity index (χ1v) is 11.0. The molecule has 0 saturated heterocycles.